The van der Waals surface area contributed by atoms with E-state index in [4.69, 9.17) is 27.6 Å². The monoisotopic (exact) mass is 423 g/mol. The Hall–Kier alpha value is -3.02. The van der Waals surface area contributed by atoms with Crippen LogP contribution in [-0.2, 0) is 14.1 Å². The fourth-order valence-electron chi connectivity index (χ4n) is 3.91. The molecule has 5 aromatic rings. The average molecular weight is 424 g/mol. The van der Waals surface area contributed by atoms with Gasteiger partial charge in [0.25, 0.3) is 5.56 Å². The second-order valence-electron chi connectivity index (χ2n) is 6.95. The lowest BCUT2D eigenvalue weighted by atomic mass is 10.0. The van der Waals surface area contributed by atoms with Crippen LogP contribution in [0, 0.1) is 0 Å². The molecule has 0 bridgehead atoms. The van der Waals surface area contributed by atoms with Crippen molar-refractivity contribution in [2.45, 2.75) is 0 Å². The molecule has 7 heteroatoms. The van der Waals surface area contributed by atoms with E-state index in [9.17, 15) is 4.79 Å². The lowest BCUT2D eigenvalue weighted by molar-refractivity contribution is 0.558. The maximum atomic E-state index is 13.1. The van der Waals surface area contributed by atoms with Crippen molar-refractivity contribution in [1.82, 2.24) is 14.1 Å². The number of hydrogen-bond donors (Lipinski definition) is 0. The zero-order chi connectivity index (χ0) is 20.3. The van der Waals surface area contributed by atoms with Gasteiger partial charge in [-0.15, -0.1) is 0 Å². The minimum absolute atomic E-state index is 0.121. The van der Waals surface area contributed by atoms with Crippen molar-refractivity contribution in [3.8, 4) is 22.4 Å². The lowest BCUT2D eigenvalue weighted by Gasteiger charge is -2.09. The second kappa shape index (κ2) is 6.51. The quantitative estimate of drug-likeness (QED) is 0.368. The molecule has 5 rings (SSSR count). The van der Waals surface area contributed by atoms with Crippen molar-refractivity contribution in [2.24, 2.45) is 14.1 Å². The summed E-state index contributed by atoms with van der Waals surface area (Å²) in [6.07, 6.45) is 3.02. The van der Waals surface area contributed by atoms with Crippen molar-refractivity contribution in [3.05, 3.63) is 75.5 Å². The summed E-state index contributed by atoms with van der Waals surface area (Å²) in [7, 11) is 3.73. The Balaban J connectivity index is 1.88. The number of aryl methyl sites for hydroxylation is 2. The van der Waals surface area contributed by atoms with Crippen LogP contribution in [0.4, 0.5) is 0 Å². The van der Waals surface area contributed by atoms with Gasteiger partial charge in [0.05, 0.1) is 10.5 Å². The number of aromatic nitrogens is 3. The van der Waals surface area contributed by atoms with Crippen LogP contribution in [0.25, 0.3) is 44.3 Å². The van der Waals surface area contributed by atoms with Gasteiger partial charge in [0, 0.05) is 46.6 Å². The van der Waals surface area contributed by atoms with Gasteiger partial charge in [-0.1, -0.05) is 35.3 Å². The number of oxazole rings is 1. The fourth-order valence-corrected chi connectivity index (χ4v) is 4.42. The minimum atomic E-state index is -0.121. The Kier molecular flexibility index (Phi) is 4.05. The van der Waals surface area contributed by atoms with Crippen LogP contribution < -0.4 is 5.56 Å². The summed E-state index contributed by atoms with van der Waals surface area (Å²) in [4.78, 5) is 17.4. The van der Waals surface area contributed by atoms with Crippen LogP contribution in [0.5, 0.6) is 0 Å². The fraction of sp³-hybridized carbons (Fsp3) is 0.0909. The standard InChI is InChI=1S/C22H15Cl2N3O2/c1-26-20-6-3-12(19-10-29-11-25-19)7-15(20)16-9-17(22(28)27(2)21(16)26)14-5-4-13(23)8-18(14)24/h3-11H,1-2H3. The van der Waals surface area contributed by atoms with Gasteiger partial charge in [0.2, 0.25) is 0 Å². The number of benzene rings is 2. The third-order valence-electron chi connectivity index (χ3n) is 5.30. The molecular weight excluding hydrogens is 409 g/mol. The zero-order valence-corrected chi connectivity index (χ0v) is 17.1. The highest BCUT2D eigenvalue weighted by Gasteiger charge is 2.18. The first-order valence-corrected chi connectivity index (χ1v) is 9.67. The van der Waals surface area contributed by atoms with Crippen molar-refractivity contribution >= 4 is 45.1 Å². The predicted molar refractivity (Wildman–Crippen MR) is 117 cm³/mol. The molecule has 3 aromatic heterocycles. The maximum Gasteiger partial charge on any atom is 0.259 e. The van der Waals surface area contributed by atoms with Gasteiger partial charge in [-0.25, -0.2) is 4.98 Å². The van der Waals surface area contributed by atoms with Crippen molar-refractivity contribution < 1.29 is 4.42 Å². The summed E-state index contributed by atoms with van der Waals surface area (Å²) >= 11 is 12.4. The van der Waals surface area contributed by atoms with E-state index in [2.05, 4.69) is 11.1 Å². The molecule has 3 heterocycles. The van der Waals surface area contributed by atoms with Gasteiger partial charge >= 0.3 is 0 Å². The molecule has 0 aliphatic carbocycles. The highest BCUT2D eigenvalue weighted by Crippen LogP contribution is 2.35. The number of pyridine rings is 1. The largest absolute Gasteiger partial charge is 0.451 e. The molecule has 0 fully saturated rings. The highest BCUT2D eigenvalue weighted by molar-refractivity contribution is 6.36. The molecule has 0 saturated heterocycles. The van der Waals surface area contributed by atoms with E-state index < -0.39 is 0 Å². The van der Waals surface area contributed by atoms with E-state index in [0.29, 0.717) is 21.2 Å². The summed E-state index contributed by atoms with van der Waals surface area (Å²) < 4.78 is 8.80. The molecule has 0 aliphatic heterocycles. The van der Waals surface area contributed by atoms with E-state index in [1.54, 1.807) is 36.1 Å². The number of fused-ring (bicyclic) bond motifs is 3. The SMILES string of the molecule is Cn1c(=O)c(-c2ccc(Cl)cc2Cl)cc2c3cc(-c4cocn4)ccc3n(C)c21. The molecule has 5 nitrogen and oxygen atoms in total. The molecule has 0 radical (unpaired) electrons. The van der Waals surface area contributed by atoms with E-state index in [1.165, 1.54) is 6.39 Å². The molecule has 0 saturated carbocycles. The van der Waals surface area contributed by atoms with Gasteiger partial charge in [-0.2, -0.15) is 0 Å². The number of rotatable bonds is 2. The summed E-state index contributed by atoms with van der Waals surface area (Å²) in [5, 5.41) is 2.94. The van der Waals surface area contributed by atoms with Crippen molar-refractivity contribution in [2.75, 3.05) is 0 Å². The summed E-state index contributed by atoms with van der Waals surface area (Å²) in [5.41, 5.74) is 4.61. The Morgan fingerprint density at radius 1 is 0.931 bits per heavy atom. The van der Waals surface area contributed by atoms with E-state index in [0.717, 1.165) is 33.2 Å². The van der Waals surface area contributed by atoms with Crippen molar-refractivity contribution in [1.29, 1.82) is 0 Å². The van der Waals surface area contributed by atoms with Gasteiger partial charge in [-0.3, -0.25) is 9.36 Å². The van der Waals surface area contributed by atoms with Crippen LogP contribution in [0.15, 0.2) is 64.3 Å². The van der Waals surface area contributed by atoms with Crippen LogP contribution in [0.3, 0.4) is 0 Å². The molecule has 0 aliphatic rings. The average Bonchev–Trinajstić information content (AvgIpc) is 3.32. The van der Waals surface area contributed by atoms with Gasteiger partial charge in [-0.05, 0) is 30.3 Å². The summed E-state index contributed by atoms with van der Waals surface area (Å²) in [6.45, 7) is 0. The van der Waals surface area contributed by atoms with Crippen LogP contribution >= 0.6 is 23.2 Å². The highest BCUT2D eigenvalue weighted by atomic mass is 35.5. The van der Waals surface area contributed by atoms with Gasteiger partial charge in [0.15, 0.2) is 6.39 Å². The van der Waals surface area contributed by atoms with Crippen LogP contribution in [0.2, 0.25) is 10.0 Å². The Morgan fingerprint density at radius 3 is 2.48 bits per heavy atom. The molecule has 2 aromatic carbocycles. The number of nitrogens with zero attached hydrogens (tertiary/aromatic N) is 3. The number of hydrogen-bond acceptors (Lipinski definition) is 3. The zero-order valence-electron chi connectivity index (χ0n) is 15.6. The molecule has 144 valence electrons. The first-order chi connectivity index (χ1) is 14.0. The minimum Gasteiger partial charge on any atom is -0.451 e. The van der Waals surface area contributed by atoms with Gasteiger partial charge < -0.3 is 8.98 Å². The molecule has 0 spiro atoms. The predicted octanol–water partition coefficient (Wildman–Crippen LogP) is 5.66. The molecule has 29 heavy (non-hydrogen) atoms. The first-order valence-electron chi connectivity index (χ1n) is 8.92. The van der Waals surface area contributed by atoms with E-state index >= 15 is 0 Å². The second-order valence-corrected chi connectivity index (χ2v) is 7.79. The van der Waals surface area contributed by atoms with Gasteiger partial charge in [0.1, 0.15) is 17.6 Å². The molecular formula is C22H15Cl2N3O2. The number of halogens is 2. The van der Waals surface area contributed by atoms with E-state index in [-0.39, 0.29) is 5.56 Å². The van der Waals surface area contributed by atoms with E-state index in [1.807, 2.05) is 29.8 Å². The smallest absolute Gasteiger partial charge is 0.259 e. The lowest BCUT2D eigenvalue weighted by Crippen LogP contribution is -2.20. The maximum absolute atomic E-state index is 13.1. The topological polar surface area (TPSA) is 53.0 Å². The molecule has 0 N–H and O–H groups in total. The Morgan fingerprint density at radius 2 is 1.76 bits per heavy atom. The van der Waals surface area contributed by atoms with Crippen molar-refractivity contribution in [3.63, 3.8) is 0 Å². The van der Waals surface area contributed by atoms with Crippen LogP contribution in [0.1, 0.15) is 0 Å². The normalized spacial score (nSPS) is 11.6. The third-order valence-corrected chi connectivity index (χ3v) is 5.85. The summed E-state index contributed by atoms with van der Waals surface area (Å²) in [5.74, 6) is 0. The Labute approximate surface area is 175 Å². The third kappa shape index (κ3) is 2.69. The molecule has 0 atom stereocenters. The van der Waals surface area contributed by atoms with Crippen LogP contribution in [-0.4, -0.2) is 14.1 Å². The Bertz CT molecular complexity index is 1460. The molecule has 0 unspecified atom stereocenters. The first kappa shape index (κ1) is 18.0. The molecule has 0 amide bonds. The summed E-state index contributed by atoms with van der Waals surface area (Å²) in [6, 6.07) is 13.1.